The maximum Gasteiger partial charge on any atom is 0.0270 e. The standard InChI is InChI=1S/C15H15N/c1-11-5-6-12(2)15-10-13(9-14(11)15)16-7-3-4-8-16/h3-9H,10H2,1-2H3. The first-order valence-corrected chi connectivity index (χ1v) is 5.69. The van der Waals surface area contributed by atoms with E-state index in [4.69, 9.17) is 0 Å². The molecule has 0 N–H and O–H groups in total. The van der Waals surface area contributed by atoms with Crippen LogP contribution >= 0.6 is 0 Å². The van der Waals surface area contributed by atoms with Crippen molar-refractivity contribution in [3.63, 3.8) is 0 Å². The van der Waals surface area contributed by atoms with Crippen LogP contribution in [0.2, 0.25) is 0 Å². The third-order valence-corrected chi connectivity index (χ3v) is 3.41. The van der Waals surface area contributed by atoms with Crippen LogP contribution < -0.4 is 0 Å². The van der Waals surface area contributed by atoms with E-state index in [1.54, 1.807) is 0 Å². The molecule has 0 unspecified atom stereocenters. The molecule has 0 fully saturated rings. The Bertz CT molecular complexity index is 559. The van der Waals surface area contributed by atoms with E-state index in [1.165, 1.54) is 28.0 Å². The third-order valence-electron chi connectivity index (χ3n) is 3.41. The van der Waals surface area contributed by atoms with Crippen LogP contribution in [0.1, 0.15) is 22.3 Å². The Hall–Kier alpha value is -1.76. The Morgan fingerprint density at radius 3 is 2.38 bits per heavy atom. The smallest absolute Gasteiger partial charge is 0.0270 e. The number of benzene rings is 1. The summed E-state index contributed by atoms with van der Waals surface area (Å²) in [4.78, 5) is 0. The summed E-state index contributed by atoms with van der Waals surface area (Å²) in [6.07, 6.45) is 7.60. The molecule has 1 aromatic heterocycles. The molecule has 0 radical (unpaired) electrons. The third kappa shape index (κ3) is 1.32. The molecule has 0 atom stereocenters. The molecule has 1 heteroatoms. The summed E-state index contributed by atoms with van der Waals surface area (Å²) >= 11 is 0. The van der Waals surface area contributed by atoms with Crippen molar-refractivity contribution in [3.8, 4) is 0 Å². The molecule has 3 rings (SSSR count). The fourth-order valence-electron chi connectivity index (χ4n) is 2.42. The SMILES string of the molecule is Cc1ccc(C)c2c1C=C(n1cccc1)C2. The van der Waals surface area contributed by atoms with Crippen LogP contribution in [0.3, 0.4) is 0 Å². The second kappa shape index (κ2) is 3.38. The summed E-state index contributed by atoms with van der Waals surface area (Å²) in [7, 11) is 0. The van der Waals surface area contributed by atoms with Crippen molar-refractivity contribution in [1.82, 2.24) is 4.57 Å². The van der Waals surface area contributed by atoms with Gasteiger partial charge in [0.1, 0.15) is 0 Å². The minimum Gasteiger partial charge on any atom is -0.327 e. The van der Waals surface area contributed by atoms with Crippen LogP contribution in [0.4, 0.5) is 0 Å². The van der Waals surface area contributed by atoms with Gasteiger partial charge in [-0.2, -0.15) is 0 Å². The maximum absolute atomic E-state index is 2.32. The normalized spacial score (nSPS) is 13.8. The molecule has 0 spiro atoms. The van der Waals surface area contributed by atoms with Gasteiger partial charge in [0, 0.05) is 24.5 Å². The first-order valence-electron chi connectivity index (χ1n) is 5.69. The summed E-state index contributed by atoms with van der Waals surface area (Å²) in [6.45, 7) is 4.39. The Morgan fingerprint density at radius 2 is 1.69 bits per heavy atom. The van der Waals surface area contributed by atoms with Crippen LogP contribution in [-0.4, -0.2) is 4.57 Å². The molecule has 1 aliphatic rings. The first-order chi connectivity index (χ1) is 7.75. The predicted molar refractivity (Wildman–Crippen MR) is 68.2 cm³/mol. The molecule has 0 aliphatic heterocycles. The summed E-state index contributed by atoms with van der Waals surface area (Å²) in [5.41, 5.74) is 7.06. The second-order valence-corrected chi connectivity index (χ2v) is 4.49. The van der Waals surface area contributed by atoms with E-state index in [-0.39, 0.29) is 0 Å². The van der Waals surface area contributed by atoms with Crippen LogP contribution in [0.5, 0.6) is 0 Å². The number of allylic oxidation sites excluding steroid dienone is 1. The Balaban J connectivity index is 2.11. The molecular weight excluding hydrogens is 194 g/mol. The minimum absolute atomic E-state index is 1.05. The fourth-order valence-corrected chi connectivity index (χ4v) is 2.42. The molecule has 1 aromatic carbocycles. The van der Waals surface area contributed by atoms with Crippen LogP contribution in [0, 0.1) is 13.8 Å². The minimum atomic E-state index is 1.05. The van der Waals surface area contributed by atoms with Crippen molar-refractivity contribution >= 4 is 11.8 Å². The quantitative estimate of drug-likeness (QED) is 0.675. The maximum atomic E-state index is 2.32. The molecule has 2 aromatic rings. The van der Waals surface area contributed by atoms with E-state index in [0.717, 1.165) is 6.42 Å². The predicted octanol–water partition coefficient (Wildman–Crippen LogP) is 3.66. The summed E-state index contributed by atoms with van der Waals surface area (Å²) in [5.74, 6) is 0. The lowest BCUT2D eigenvalue weighted by molar-refractivity contribution is 1.05. The van der Waals surface area contributed by atoms with Crippen molar-refractivity contribution in [1.29, 1.82) is 0 Å². The van der Waals surface area contributed by atoms with E-state index < -0.39 is 0 Å². The zero-order valence-corrected chi connectivity index (χ0v) is 9.70. The van der Waals surface area contributed by atoms with Gasteiger partial charge in [-0.3, -0.25) is 0 Å². The van der Waals surface area contributed by atoms with Gasteiger partial charge < -0.3 is 4.57 Å². The summed E-state index contributed by atoms with van der Waals surface area (Å²) in [6, 6.07) is 8.58. The van der Waals surface area contributed by atoms with Crippen molar-refractivity contribution in [2.24, 2.45) is 0 Å². The highest BCUT2D eigenvalue weighted by molar-refractivity contribution is 5.82. The van der Waals surface area contributed by atoms with Gasteiger partial charge in [0.25, 0.3) is 0 Å². The fraction of sp³-hybridized carbons (Fsp3) is 0.200. The van der Waals surface area contributed by atoms with Gasteiger partial charge in [0.05, 0.1) is 0 Å². The molecule has 0 saturated heterocycles. The average Bonchev–Trinajstić information content (AvgIpc) is 2.90. The monoisotopic (exact) mass is 209 g/mol. The van der Waals surface area contributed by atoms with E-state index in [0.29, 0.717) is 0 Å². The first kappa shape index (κ1) is 9.46. The van der Waals surface area contributed by atoms with Crippen molar-refractivity contribution < 1.29 is 0 Å². The highest BCUT2D eigenvalue weighted by Gasteiger charge is 2.16. The lowest BCUT2D eigenvalue weighted by Gasteiger charge is -2.06. The zero-order valence-electron chi connectivity index (χ0n) is 9.70. The van der Waals surface area contributed by atoms with Gasteiger partial charge >= 0.3 is 0 Å². The van der Waals surface area contributed by atoms with E-state index in [9.17, 15) is 0 Å². The zero-order chi connectivity index (χ0) is 11.1. The number of nitrogens with zero attached hydrogens (tertiary/aromatic N) is 1. The van der Waals surface area contributed by atoms with E-state index in [2.05, 4.69) is 61.1 Å². The molecule has 0 bridgehead atoms. The largest absolute Gasteiger partial charge is 0.327 e. The van der Waals surface area contributed by atoms with Crippen LogP contribution in [-0.2, 0) is 6.42 Å². The second-order valence-electron chi connectivity index (χ2n) is 4.49. The van der Waals surface area contributed by atoms with Gasteiger partial charge in [0.2, 0.25) is 0 Å². The highest BCUT2D eigenvalue weighted by Crippen LogP contribution is 2.32. The topological polar surface area (TPSA) is 4.93 Å². The van der Waals surface area contributed by atoms with Crippen molar-refractivity contribution in [2.75, 3.05) is 0 Å². The molecule has 1 nitrogen and oxygen atoms in total. The molecule has 16 heavy (non-hydrogen) atoms. The van der Waals surface area contributed by atoms with E-state index >= 15 is 0 Å². The lowest BCUT2D eigenvalue weighted by Crippen LogP contribution is -1.94. The molecule has 1 aliphatic carbocycles. The van der Waals surface area contributed by atoms with Crippen LogP contribution in [0.15, 0.2) is 36.7 Å². The van der Waals surface area contributed by atoms with Gasteiger partial charge in [0.15, 0.2) is 0 Å². The lowest BCUT2D eigenvalue weighted by atomic mass is 10.00. The molecule has 80 valence electrons. The number of aryl methyl sites for hydroxylation is 2. The summed E-state index contributed by atoms with van der Waals surface area (Å²) in [5, 5.41) is 0. The van der Waals surface area contributed by atoms with Gasteiger partial charge in [-0.25, -0.2) is 0 Å². The molecule has 0 amide bonds. The molecule has 1 heterocycles. The Morgan fingerprint density at radius 1 is 1.00 bits per heavy atom. The number of hydrogen-bond acceptors (Lipinski definition) is 0. The molecule has 0 saturated carbocycles. The number of aromatic nitrogens is 1. The average molecular weight is 209 g/mol. The van der Waals surface area contributed by atoms with Gasteiger partial charge in [-0.15, -0.1) is 0 Å². The number of hydrogen-bond donors (Lipinski definition) is 0. The Labute approximate surface area is 96.0 Å². The highest BCUT2D eigenvalue weighted by atomic mass is 15.0. The van der Waals surface area contributed by atoms with Gasteiger partial charge in [-0.1, -0.05) is 12.1 Å². The van der Waals surface area contributed by atoms with Gasteiger partial charge in [-0.05, 0) is 54.3 Å². The van der Waals surface area contributed by atoms with Crippen molar-refractivity contribution in [3.05, 3.63) is 58.9 Å². The van der Waals surface area contributed by atoms with E-state index in [1.807, 2.05) is 0 Å². The van der Waals surface area contributed by atoms with Crippen LogP contribution in [0.25, 0.3) is 11.8 Å². The van der Waals surface area contributed by atoms with Crippen molar-refractivity contribution in [2.45, 2.75) is 20.3 Å². The Kier molecular flexibility index (Phi) is 2.00. The number of rotatable bonds is 1. The summed E-state index contributed by atoms with van der Waals surface area (Å²) < 4.78 is 2.21. The number of fused-ring (bicyclic) bond motifs is 1. The molecular formula is C15H15N.